The van der Waals surface area contributed by atoms with Crippen LogP contribution in [0.1, 0.15) is 18.4 Å². The van der Waals surface area contributed by atoms with Crippen molar-refractivity contribution in [3.8, 4) is 11.5 Å². The number of nitrogens with one attached hydrogen (secondary N) is 1. The molecule has 0 radical (unpaired) electrons. The van der Waals surface area contributed by atoms with Gasteiger partial charge in [-0.3, -0.25) is 0 Å². The number of methoxy groups -OCH3 is 1. The number of hydrazine groups is 1. The average molecular weight is 286 g/mol. The predicted molar refractivity (Wildman–Crippen MR) is 85.9 cm³/mol. The van der Waals surface area contributed by atoms with Crippen LogP contribution in [0.4, 0.5) is 5.69 Å². The summed E-state index contributed by atoms with van der Waals surface area (Å²) < 4.78 is 5.15. The van der Waals surface area contributed by atoms with Gasteiger partial charge in [0, 0.05) is 13.6 Å². The van der Waals surface area contributed by atoms with Crippen molar-refractivity contribution in [2.24, 2.45) is 0 Å². The smallest absolute Gasteiger partial charge is 0.119 e. The minimum absolute atomic E-state index is 0.304. The third-order valence-corrected chi connectivity index (χ3v) is 3.53. The molecule has 2 rings (SSSR count). The lowest BCUT2D eigenvalue weighted by Gasteiger charge is -2.23. The van der Waals surface area contributed by atoms with Gasteiger partial charge in [-0.1, -0.05) is 19.1 Å². The van der Waals surface area contributed by atoms with E-state index in [2.05, 4.69) is 12.3 Å². The van der Waals surface area contributed by atoms with Crippen molar-refractivity contribution < 1.29 is 9.84 Å². The molecule has 0 aliphatic carbocycles. The van der Waals surface area contributed by atoms with E-state index in [1.165, 1.54) is 0 Å². The predicted octanol–water partition coefficient (Wildman–Crippen LogP) is 3.15. The van der Waals surface area contributed by atoms with E-state index in [-0.39, 0.29) is 0 Å². The van der Waals surface area contributed by atoms with Crippen molar-refractivity contribution in [1.82, 2.24) is 5.43 Å². The van der Waals surface area contributed by atoms with Crippen LogP contribution in [0.2, 0.25) is 0 Å². The van der Waals surface area contributed by atoms with Gasteiger partial charge in [-0.2, -0.15) is 0 Å². The maximum atomic E-state index is 9.52. The highest BCUT2D eigenvalue weighted by Gasteiger charge is 2.08. The molecule has 2 aromatic rings. The Balaban J connectivity index is 1.92. The molecule has 0 bridgehead atoms. The summed E-state index contributed by atoms with van der Waals surface area (Å²) in [7, 11) is 3.64. The summed E-state index contributed by atoms with van der Waals surface area (Å²) >= 11 is 0. The Bertz CT molecular complexity index is 569. The third kappa shape index (κ3) is 4.13. The van der Waals surface area contributed by atoms with Crippen LogP contribution >= 0.6 is 0 Å². The van der Waals surface area contributed by atoms with Crippen LogP contribution in [0, 0.1) is 0 Å². The summed E-state index contributed by atoms with van der Waals surface area (Å²) in [6.45, 7) is 2.91. The average Bonchev–Trinajstić information content (AvgIpc) is 2.52. The first-order valence-electron chi connectivity index (χ1n) is 7.00. The molecular weight excluding hydrogens is 264 g/mol. The first-order valence-corrected chi connectivity index (χ1v) is 7.00. The molecule has 0 amide bonds. The Kier molecular flexibility index (Phi) is 5.06. The van der Waals surface area contributed by atoms with Crippen LogP contribution in [-0.2, 0) is 0 Å². The van der Waals surface area contributed by atoms with Crippen LogP contribution in [0.5, 0.6) is 11.5 Å². The molecule has 0 aromatic heterocycles. The second-order valence-electron chi connectivity index (χ2n) is 5.12. The number of aromatic hydroxyl groups is 1. The second-order valence-corrected chi connectivity index (χ2v) is 5.12. The number of hydrogen-bond acceptors (Lipinski definition) is 4. The quantitative estimate of drug-likeness (QED) is 0.801. The van der Waals surface area contributed by atoms with Gasteiger partial charge in [0.2, 0.25) is 0 Å². The van der Waals surface area contributed by atoms with Crippen molar-refractivity contribution in [3.63, 3.8) is 0 Å². The van der Waals surface area contributed by atoms with Gasteiger partial charge in [-0.05, 0) is 47.9 Å². The largest absolute Gasteiger partial charge is 0.508 e. The number of rotatable bonds is 6. The molecule has 4 nitrogen and oxygen atoms in total. The molecular formula is C17H22N2O2. The fourth-order valence-corrected chi connectivity index (χ4v) is 2.12. The Morgan fingerprint density at radius 1 is 1.19 bits per heavy atom. The highest BCUT2D eigenvalue weighted by molar-refractivity contribution is 5.47. The van der Waals surface area contributed by atoms with Gasteiger partial charge < -0.3 is 14.9 Å². The van der Waals surface area contributed by atoms with Gasteiger partial charge in [0.05, 0.1) is 12.8 Å². The van der Waals surface area contributed by atoms with Crippen LogP contribution < -0.4 is 15.2 Å². The lowest BCUT2D eigenvalue weighted by atomic mass is 10.0. The van der Waals surface area contributed by atoms with E-state index >= 15 is 0 Å². The van der Waals surface area contributed by atoms with E-state index in [1.54, 1.807) is 19.2 Å². The highest BCUT2D eigenvalue weighted by atomic mass is 16.5. The van der Waals surface area contributed by atoms with Gasteiger partial charge in [0.25, 0.3) is 0 Å². The topological polar surface area (TPSA) is 44.7 Å². The zero-order chi connectivity index (χ0) is 15.2. The Morgan fingerprint density at radius 3 is 2.52 bits per heavy atom. The molecule has 4 heteroatoms. The number of hydrogen-bond donors (Lipinski definition) is 2. The van der Waals surface area contributed by atoms with Crippen LogP contribution in [0.15, 0.2) is 48.5 Å². The van der Waals surface area contributed by atoms with Gasteiger partial charge in [-0.25, -0.2) is 5.43 Å². The van der Waals surface area contributed by atoms with Crippen molar-refractivity contribution in [2.75, 3.05) is 25.7 Å². The SMILES string of the molecule is COc1ccc(N(C)NC[C@H](C)c2cccc(O)c2)cc1. The molecule has 0 heterocycles. The summed E-state index contributed by atoms with van der Waals surface area (Å²) in [5.74, 6) is 1.46. The van der Waals surface area contributed by atoms with E-state index in [0.717, 1.165) is 23.5 Å². The Labute approximate surface area is 126 Å². The van der Waals surface area contributed by atoms with Crippen molar-refractivity contribution in [2.45, 2.75) is 12.8 Å². The summed E-state index contributed by atoms with van der Waals surface area (Å²) in [6, 6.07) is 15.3. The molecule has 0 unspecified atom stereocenters. The zero-order valence-electron chi connectivity index (χ0n) is 12.7. The lowest BCUT2D eigenvalue weighted by Crippen LogP contribution is -2.36. The second kappa shape index (κ2) is 6.99. The normalized spacial score (nSPS) is 12.0. The lowest BCUT2D eigenvalue weighted by molar-refractivity contribution is 0.415. The summed E-state index contributed by atoms with van der Waals surface area (Å²) in [4.78, 5) is 0. The maximum Gasteiger partial charge on any atom is 0.119 e. The summed E-state index contributed by atoms with van der Waals surface area (Å²) in [6.07, 6.45) is 0. The molecule has 112 valence electrons. The van der Waals surface area contributed by atoms with E-state index in [0.29, 0.717) is 11.7 Å². The molecule has 1 atom stereocenters. The Morgan fingerprint density at radius 2 is 1.90 bits per heavy atom. The van der Waals surface area contributed by atoms with E-state index in [1.807, 2.05) is 48.5 Å². The molecule has 0 spiro atoms. The molecule has 0 aliphatic rings. The fourth-order valence-electron chi connectivity index (χ4n) is 2.12. The number of phenols is 1. The molecule has 0 saturated carbocycles. The van der Waals surface area contributed by atoms with Gasteiger partial charge in [-0.15, -0.1) is 0 Å². The van der Waals surface area contributed by atoms with E-state index < -0.39 is 0 Å². The molecule has 0 aliphatic heterocycles. The standard InChI is InChI=1S/C17H22N2O2/c1-13(14-5-4-6-16(20)11-14)12-18-19(2)15-7-9-17(21-3)10-8-15/h4-11,13,18,20H,12H2,1-3H3/t13-/m0/s1. The number of anilines is 1. The minimum atomic E-state index is 0.304. The Hall–Kier alpha value is -2.20. The number of phenolic OH excluding ortho intramolecular Hbond substituents is 1. The van der Waals surface area contributed by atoms with Gasteiger partial charge in [0.15, 0.2) is 0 Å². The molecule has 0 fully saturated rings. The maximum absolute atomic E-state index is 9.52. The van der Waals surface area contributed by atoms with E-state index in [9.17, 15) is 5.11 Å². The van der Waals surface area contributed by atoms with Gasteiger partial charge in [0.1, 0.15) is 11.5 Å². The summed E-state index contributed by atoms with van der Waals surface area (Å²) in [5.41, 5.74) is 5.55. The minimum Gasteiger partial charge on any atom is -0.508 e. The molecule has 2 aromatic carbocycles. The molecule has 2 N–H and O–H groups in total. The fraction of sp³-hybridized carbons (Fsp3) is 0.294. The van der Waals surface area contributed by atoms with Crippen LogP contribution in [0.3, 0.4) is 0 Å². The first kappa shape index (κ1) is 15.2. The first-order chi connectivity index (χ1) is 10.1. The number of benzene rings is 2. The number of nitrogens with zero attached hydrogens (tertiary/aromatic N) is 1. The van der Waals surface area contributed by atoms with Crippen molar-refractivity contribution in [1.29, 1.82) is 0 Å². The van der Waals surface area contributed by atoms with Crippen molar-refractivity contribution in [3.05, 3.63) is 54.1 Å². The zero-order valence-corrected chi connectivity index (χ0v) is 12.7. The third-order valence-electron chi connectivity index (χ3n) is 3.53. The van der Waals surface area contributed by atoms with Crippen LogP contribution in [-0.4, -0.2) is 25.8 Å². The van der Waals surface area contributed by atoms with Crippen LogP contribution in [0.25, 0.3) is 0 Å². The molecule has 0 saturated heterocycles. The number of ether oxygens (including phenoxy) is 1. The van der Waals surface area contributed by atoms with Crippen molar-refractivity contribution >= 4 is 5.69 Å². The summed E-state index contributed by atoms with van der Waals surface area (Å²) in [5, 5.41) is 11.5. The van der Waals surface area contributed by atoms with E-state index in [4.69, 9.17) is 4.74 Å². The highest BCUT2D eigenvalue weighted by Crippen LogP contribution is 2.20. The molecule has 21 heavy (non-hydrogen) atoms. The van der Waals surface area contributed by atoms with Gasteiger partial charge >= 0.3 is 0 Å². The monoisotopic (exact) mass is 286 g/mol.